The smallest absolute Gasteiger partial charge is 0.251 e. The predicted molar refractivity (Wildman–Crippen MR) is 132 cm³/mol. The molecule has 1 aromatic heterocycles. The Balaban J connectivity index is 1.78. The van der Waals surface area contributed by atoms with Crippen molar-refractivity contribution in [2.75, 3.05) is 37.6 Å². The average molecular weight is 484 g/mol. The van der Waals surface area contributed by atoms with E-state index in [0.717, 1.165) is 0 Å². The van der Waals surface area contributed by atoms with Crippen LogP contribution in [0.4, 0.5) is 5.82 Å². The van der Waals surface area contributed by atoms with Gasteiger partial charge < -0.3 is 15.3 Å². The molecule has 34 heavy (non-hydrogen) atoms. The summed E-state index contributed by atoms with van der Waals surface area (Å²) in [6.07, 6.45) is 0. The average Bonchev–Trinajstić information content (AvgIpc) is 2.83. The molecule has 0 aliphatic carbocycles. The molecular weight excluding hydrogens is 454 g/mol. The first-order valence-electron chi connectivity index (χ1n) is 11.3. The van der Waals surface area contributed by atoms with Crippen molar-refractivity contribution < 1.29 is 18.3 Å². The van der Waals surface area contributed by atoms with Crippen molar-refractivity contribution in [1.29, 1.82) is 0 Å². The Morgan fingerprint density at radius 2 is 1.79 bits per heavy atom. The van der Waals surface area contributed by atoms with Gasteiger partial charge in [0.2, 0.25) is 10.0 Å². The van der Waals surface area contributed by atoms with Gasteiger partial charge in [-0.15, -0.1) is 0 Å². The van der Waals surface area contributed by atoms with E-state index in [0.29, 0.717) is 66.4 Å². The number of amides is 1. The number of piperazine rings is 1. The molecule has 3 aromatic rings. The predicted octanol–water partition coefficient (Wildman–Crippen LogP) is 2.61. The summed E-state index contributed by atoms with van der Waals surface area (Å²) in [5.74, 6) is 0.854. The lowest BCUT2D eigenvalue weighted by Crippen LogP contribution is -2.50. The first-order chi connectivity index (χ1) is 16.2. The minimum atomic E-state index is -3.34. The summed E-state index contributed by atoms with van der Waals surface area (Å²) in [5, 5.41) is 13.4. The number of anilines is 1. The lowest BCUT2D eigenvalue weighted by molar-refractivity contribution is 0.0956. The highest BCUT2D eigenvalue weighted by Crippen LogP contribution is 2.32. The van der Waals surface area contributed by atoms with E-state index in [9.17, 15) is 18.3 Å². The Bertz CT molecular complexity index is 1320. The molecule has 180 valence electrons. The van der Waals surface area contributed by atoms with Gasteiger partial charge in [0.05, 0.1) is 16.3 Å². The molecule has 0 atom stereocenters. The zero-order valence-corrected chi connectivity index (χ0v) is 20.3. The Labute approximate surface area is 199 Å². The largest absolute Gasteiger partial charge is 0.507 e. The van der Waals surface area contributed by atoms with Gasteiger partial charge in [0.15, 0.2) is 5.82 Å². The highest BCUT2D eigenvalue weighted by atomic mass is 32.2. The van der Waals surface area contributed by atoms with Crippen LogP contribution in [-0.4, -0.2) is 71.7 Å². The number of nitrogens with one attached hydrogen (secondary N) is 1. The van der Waals surface area contributed by atoms with Crippen LogP contribution >= 0.6 is 0 Å². The summed E-state index contributed by atoms with van der Waals surface area (Å²) in [4.78, 5) is 23.9. The van der Waals surface area contributed by atoms with Crippen LogP contribution in [-0.2, 0) is 10.0 Å². The third kappa shape index (κ3) is 4.55. The molecule has 0 bridgehead atoms. The lowest BCUT2D eigenvalue weighted by Gasteiger charge is -2.36. The van der Waals surface area contributed by atoms with E-state index in [1.54, 1.807) is 56.3 Å². The third-order valence-corrected chi connectivity index (χ3v) is 8.19. The maximum absolute atomic E-state index is 12.6. The summed E-state index contributed by atoms with van der Waals surface area (Å²) in [6.45, 7) is 7.31. The van der Waals surface area contributed by atoms with Crippen molar-refractivity contribution >= 4 is 32.7 Å². The van der Waals surface area contributed by atoms with Gasteiger partial charge in [0, 0.05) is 43.7 Å². The maximum atomic E-state index is 12.6. The first kappa shape index (κ1) is 23.9. The van der Waals surface area contributed by atoms with Crippen molar-refractivity contribution in [1.82, 2.24) is 19.6 Å². The van der Waals surface area contributed by atoms with Crippen LogP contribution in [0.25, 0.3) is 22.3 Å². The van der Waals surface area contributed by atoms with Gasteiger partial charge in [0.1, 0.15) is 11.6 Å². The highest BCUT2D eigenvalue weighted by Gasteiger charge is 2.30. The van der Waals surface area contributed by atoms with Gasteiger partial charge in [-0.25, -0.2) is 18.4 Å². The van der Waals surface area contributed by atoms with Gasteiger partial charge in [-0.05, 0) is 51.1 Å². The molecule has 1 fully saturated rings. The van der Waals surface area contributed by atoms with Crippen LogP contribution in [0.5, 0.6) is 5.75 Å². The molecule has 10 heteroatoms. The quantitative estimate of drug-likeness (QED) is 0.554. The molecule has 2 heterocycles. The monoisotopic (exact) mass is 483 g/mol. The van der Waals surface area contributed by atoms with Crippen molar-refractivity contribution in [3.63, 3.8) is 0 Å². The van der Waals surface area contributed by atoms with Gasteiger partial charge in [-0.3, -0.25) is 4.79 Å². The molecule has 0 radical (unpaired) electrons. The number of aromatic nitrogens is 2. The van der Waals surface area contributed by atoms with Crippen molar-refractivity contribution in [3.8, 4) is 17.1 Å². The molecule has 1 aliphatic heterocycles. The Hall–Kier alpha value is -3.24. The number of phenols is 1. The standard InChI is InChI=1S/C24H29N5O4S/c1-4-25-24(31)17-9-10-20-19(15-17)23(27-22(26-20)18-7-5-6-8-21(18)30)28-11-13-29(14-12-28)34(32,33)16(2)3/h5-10,15-16,30H,4,11-14H2,1-3H3,(H,25,31). The summed E-state index contributed by atoms with van der Waals surface area (Å²) in [7, 11) is -3.34. The molecule has 0 unspecified atom stereocenters. The number of hydrogen-bond donors (Lipinski definition) is 2. The number of carbonyl (C=O) groups excluding carboxylic acids is 1. The van der Waals surface area contributed by atoms with Crippen LogP contribution in [0, 0.1) is 0 Å². The Kier molecular flexibility index (Phi) is 6.72. The highest BCUT2D eigenvalue weighted by molar-refractivity contribution is 7.89. The molecule has 4 rings (SSSR count). The van der Waals surface area contributed by atoms with E-state index in [1.165, 1.54) is 4.31 Å². The first-order valence-corrected chi connectivity index (χ1v) is 12.8. The fourth-order valence-electron chi connectivity index (χ4n) is 3.99. The minimum absolute atomic E-state index is 0.0691. The number of para-hydroxylation sites is 1. The number of phenolic OH excluding ortho intramolecular Hbond substituents is 1. The zero-order chi connectivity index (χ0) is 24.5. The number of rotatable bonds is 6. The molecule has 2 N–H and O–H groups in total. The number of carbonyl (C=O) groups is 1. The normalized spacial score (nSPS) is 15.1. The van der Waals surface area contributed by atoms with Crippen LogP contribution < -0.4 is 10.2 Å². The third-order valence-electron chi connectivity index (χ3n) is 5.91. The van der Waals surface area contributed by atoms with Crippen LogP contribution in [0.15, 0.2) is 42.5 Å². The van der Waals surface area contributed by atoms with Gasteiger partial charge in [0.25, 0.3) is 5.91 Å². The van der Waals surface area contributed by atoms with Crippen molar-refractivity contribution in [3.05, 3.63) is 48.0 Å². The molecule has 1 aliphatic rings. The second-order valence-corrected chi connectivity index (χ2v) is 10.9. The topological polar surface area (TPSA) is 116 Å². The van der Waals surface area contributed by atoms with Crippen LogP contribution in [0.2, 0.25) is 0 Å². The lowest BCUT2D eigenvalue weighted by atomic mass is 10.1. The second-order valence-electron chi connectivity index (χ2n) is 8.46. The number of fused-ring (bicyclic) bond motifs is 1. The number of benzene rings is 2. The molecular formula is C24H29N5O4S. The second kappa shape index (κ2) is 9.55. The number of nitrogens with zero attached hydrogens (tertiary/aromatic N) is 4. The Morgan fingerprint density at radius 1 is 1.09 bits per heavy atom. The van der Waals surface area contributed by atoms with Gasteiger partial charge in [-0.2, -0.15) is 4.31 Å². The van der Waals surface area contributed by atoms with E-state index >= 15 is 0 Å². The minimum Gasteiger partial charge on any atom is -0.507 e. The zero-order valence-electron chi connectivity index (χ0n) is 19.5. The Morgan fingerprint density at radius 3 is 2.44 bits per heavy atom. The molecule has 0 spiro atoms. The van der Waals surface area contributed by atoms with Gasteiger partial charge in [-0.1, -0.05) is 12.1 Å². The number of hydrogen-bond acceptors (Lipinski definition) is 7. The van der Waals surface area contributed by atoms with Gasteiger partial charge >= 0.3 is 0 Å². The number of aromatic hydroxyl groups is 1. The van der Waals surface area contributed by atoms with E-state index in [2.05, 4.69) is 10.3 Å². The molecule has 0 saturated carbocycles. The maximum Gasteiger partial charge on any atom is 0.251 e. The fourth-order valence-corrected chi connectivity index (χ4v) is 5.26. The van der Waals surface area contributed by atoms with E-state index < -0.39 is 15.3 Å². The van der Waals surface area contributed by atoms with Crippen molar-refractivity contribution in [2.24, 2.45) is 0 Å². The van der Waals surface area contributed by atoms with Crippen LogP contribution in [0.1, 0.15) is 31.1 Å². The summed E-state index contributed by atoms with van der Waals surface area (Å²) in [5.41, 5.74) is 1.63. The van der Waals surface area contributed by atoms with Crippen LogP contribution in [0.3, 0.4) is 0 Å². The molecule has 1 amide bonds. The van der Waals surface area contributed by atoms with E-state index in [-0.39, 0.29) is 11.7 Å². The molecule has 1 saturated heterocycles. The van der Waals surface area contributed by atoms with Crippen molar-refractivity contribution in [2.45, 2.75) is 26.0 Å². The summed E-state index contributed by atoms with van der Waals surface area (Å²) in [6, 6.07) is 12.1. The van der Waals surface area contributed by atoms with E-state index in [1.807, 2.05) is 11.8 Å². The fraction of sp³-hybridized carbons (Fsp3) is 0.375. The summed E-state index contributed by atoms with van der Waals surface area (Å²) >= 11 is 0. The number of sulfonamides is 1. The molecule has 9 nitrogen and oxygen atoms in total. The summed E-state index contributed by atoms with van der Waals surface area (Å²) < 4.78 is 26.7. The molecule has 2 aromatic carbocycles. The SMILES string of the molecule is CCNC(=O)c1ccc2nc(-c3ccccc3O)nc(N3CCN(S(=O)(=O)C(C)C)CC3)c2c1. The van der Waals surface area contributed by atoms with E-state index in [4.69, 9.17) is 4.98 Å².